The molecule has 91 heavy (non-hydrogen) atoms. The van der Waals surface area contributed by atoms with Crippen LogP contribution in [-0.4, -0.2) is 137 Å². The standard InChI is InChI=1S/C60H86N13O15P.CH4.Co/c1-28(87-89(84,85)88-51-39(26-74)86-55(50(51)83)73-27-68-37-20-31(75)10-14-38(37)73)25-67-47(82)18-19-57(6)35(21-44(64)79)54-60(9)59(8,24-46(66)81)34(13-17-43(63)78)49(72-60)30(3)53-58(7,23-45(65)80)32(11-15-41(61)76)36(69-53)22-40-56(4,5)33(12-16-42(62)77)48(70-40)29(2)52(57)71-54;;/h10,14,20,22,27-28,32-35,39,50-51,54-55,69,74-75,83H,11-13,15-19,21,23-26H2,1-9H3,(H2,61,76)(H2,62,77)(H2,63,78)(H2,64,79)(H2,65,80)(H2,66,81)(H,67,82)(H,84,85);1H4;/q;;+2/p-2/t28-,32-,33-,34-,35+,39-,50-,51-,54-,55+,57-,58+,59+,60+;;/m1../s1. The molecule has 1 unspecified atom stereocenters. The van der Waals surface area contributed by atoms with E-state index in [0.717, 1.165) is 0 Å². The van der Waals surface area contributed by atoms with Crippen molar-refractivity contribution in [1.82, 2.24) is 20.2 Å². The van der Waals surface area contributed by atoms with Crippen molar-refractivity contribution in [2.45, 2.75) is 183 Å². The van der Waals surface area contributed by atoms with Crippen LogP contribution in [0.25, 0.3) is 11.0 Å². The van der Waals surface area contributed by atoms with Gasteiger partial charge in [-0.3, -0.25) is 48.0 Å². The average Bonchev–Trinajstić information content (AvgIpc) is 1.53. The molecule has 6 aliphatic heterocycles. The van der Waals surface area contributed by atoms with Crippen LogP contribution >= 0.6 is 7.82 Å². The van der Waals surface area contributed by atoms with Gasteiger partial charge in [0.1, 0.15) is 24.1 Å². The van der Waals surface area contributed by atoms with Crippen LogP contribution in [0.4, 0.5) is 0 Å². The number of aliphatic hydroxyl groups is 2. The van der Waals surface area contributed by atoms with Crippen molar-refractivity contribution in [1.29, 1.82) is 10.8 Å². The Morgan fingerprint density at radius 2 is 1.52 bits per heavy atom. The van der Waals surface area contributed by atoms with Crippen molar-refractivity contribution in [3.8, 4) is 5.75 Å². The predicted molar refractivity (Wildman–Crippen MR) is 330 cm³/mol. The number of phenolic OH excluding ortho intramolecular Hbond substituents is 1. The van der Waals surface area contributed by atoms with Gasteiger partial charge in [-0.25, -0.2) is 9.55 Å². The molecule has 7 heterocycles. The van der Waals surface area contributed by atoms with Gasteiger partial charge in [-0.05, 0) is 107 Å². The number of nitrogens with two attached hydrogens (primary N) is 4. The van der Waals surface area contributed by atoms with E-state index in [2.05, 4.69) is 15.6 Å². The fourth-order valence-corrected chi connectivity index (χ4v) is 16.3. The van der Waals surface area contributed by atoms with Crippen LogP contribution in [0.3, 0.4) is 0 Å². The molecule has 8 rings (SSSR count). The summed E-state index contributed by atoms with van der Waals surface area (Å²) >= 11 is 0. The average molecular weight is 1330 g/mol. The van der Waals surface area contributed by atoms with Crippen LogP contribution in [0.5, 0.6) is 5.75 Å². The number of fused-ring (bicyclic) bond motifs is 7. The van der Waals surface area contributed by atoms with Crippen LogP contribution in [-0.2, 0) is 59.1 Å². The summed E-state index contributed by atoms with van der Waals surface area (Å²) in [6.45, 7) is 15.1. The largest absolute Gasteiger partial charge is 2.00 e. The maximum Gasteiger partial charge on any atom is 2.00 e. The molecule has 501 valence electrons. The molecule has 1 aromatic heterocycles. The Bertz CT molecular complexity index is 3490. The molecule has 30 heteroatoms. The van der Waals surface area contributed by atoms with Crippen molar-refractivity contribution in [3.05, 3.63) is 58.8 Å². The number of hydrogen-bond acceptors (Lipinski definition) is 21. The Morgan fingerprint density at radius 1 is 0.890 bits per heavy atom. The Labute approximate surface area is 539 Å². The van der Waals surface area contributed by atoms with Crippen molar-refractivity contribution >= 4 is 77.3 Å². The molecule has 15 atom stereocenters. The molecule has 1 aromatic carbocycles. The molecule has 2 aromatic rings. The van der Waals surface area contributed by atoms with E-state index in [1.165, 1.54) is 36.0 Å². The number of primary amides is 4. The van der Waals surface area contributed by atoms with Gasteiger partial charge in [0.05, 0.1) is 41.7 Å². The first kappa shape index (κ1) is 73.4. The first-order chi connectivity index (χ1) is 41.4. The van der Waals surface area contributed by atoms with E-state index >= 15 is 0 Å². The maximum atomic E-state index is 14.3. The minimum absolute atomic E-state index is 0. The van der Waals surface area contributed by atoms with E-state index in [9.17, 15) is 59.0 Å². The molecular weight excluding hydrogens is 1240 g/mol. The summed E-state index contributed by atoms with van der Waals surface area (Å²) in [6, 6.07) is 3.25. The van der Waals surface area contributed by atoms with E-state index < -0.39 is 143 Å². The quantitative estimate of drug-likeness (QED) is 0.0366. The van der Waals surface area contributed by atoms with Gasteiger partial charge >= 0.3 is 24.6 Å². The molecule has 6 aliphatic rings. The number of hydrogen-bond donors (Lipinski definition) is 12. The summed E-state index contributed by atoms with van der Waals surface area (Å²) in [5.41, 5.74) is 22.8. The number of carbonyl (C=O) groups excluding carboxylic acids is 5. The molecule has 8 bridgehead atoms. The molecule has 5 amide bonds. The number of phosphoric acid groups is 1. The van der Waals surface area contributed by atoms with E-state index in [1.807, 2.05) is 40.7 Å². The van der Waals surface area contributed by atoms with Gasteiger partial charge in [0.25, 0.3) is 0 Å². The van der Waals surface area contributed by atoms with Gasteiger partial charge in [-0.1, -0.05) is 42.0 Å². The number of ether oxygens (including phenoxy) is 1. The van der Waals surface area contributed by atoms with Crippen molar-refractivity contribution in [2.75, 3.05) is 13.2 Å². The third-order valence-corrected chi connectivity index (χ3v) is 21.1. The second kappa shape index (κ2) is 27.5. The third kappa shape index (κ3) is 14.1. The summed E-state index contributed by atoms with van der Waals surface area (Å²) in [7, 11) is -5.10. The fraction of sp³-hybridized carbons (Fsp3) is 0.623. The fourth-order valence-electron chi connectivity index (χ4n) is 15.2. The molecule has 0 aliphatic carbocycles. The second-order valence-electron chi connectivity index (χ2n) is 26.2. The number of phenols is 1. The number of aromatic hydroxyl groups is 1. The zero-order chi connectivity index (χ0) is 65.8. The van der Waals surface area contributed by atoms with Crippen LogP contribution in [0.2, 0.25) is 0 Å². The summed E-state index contributed by atoms with van der Waals surface area (Å²) in [5.74, 6) is -8.02. The summed E-state index contributed by atoms with van der Waals surface area (Å²) in [5, 5.41) is 79.0. The number of aromatic nitrogens is 2. The molecular formula is C61H88CoN13O15P. The van der Waals surface area contributed by atoms with E-state index in [4.69, 9.17) is 62.5 Å². The van der Waals surface area contributed by atoms with Crippen LogP contribution < -0.4 is 43.8 Å². The summed E-state index contributed by atoms with van der Waals surface area (Å²) in [4.78, 5) is 99.9. The smallest absolute Gasteiger partial charge is 0.862 e. The number of benzene rings is 1. The zero-order valence-corrected chi connectivity index (χ0v) is 53.9. The Kier molecular flexibility index (Phi) is 22.2. The maximum absolute atomic E-state index is 14.3. The molecule has 0 spiro atoms. The van der Waals surface area contributed by atoms with Crippen molar-refractivity contribution in [2.24, 2.45) is 83.2 Å². The van der Waals surface area contributed by atoms with Gasteiger partial charge < -0.3 is 84.1 Å². The number of imidazole rings is 1. The number of phosphoric ester groups is 1. The van der Waals surface area contributed by atoms with E-state index in [1.54, 1.807) is 20.8 Å². The first-order valence-corrected chi connectivity index (χ1v) is 31.3. The molecule has 28 nitrogen and oxygen atoms in total. The Morgan fingerprint density at radius 3 is 2.11 bits per heavy atom. The number of allylic oxidation sites excluding steroid dienone is 6. The molecule has 0 saturated carbocycles. The topological polar surface area (TPSA) is 488 Å². The normalized spacial score (nSPS) is 31.5. The van der Waals surface area contributed by atoms with Gasteiger partial charge in [-0.2, -0.15) is 0 Å². The first-order valence-electron chi connectivity index (χ1n) is 29.8. The van der Waals surface area contributed by atoms with Crippen molar-refractivity contribution < 1.29 is 89.5 Å². The number of aliphatic imine (C=N–C) groups is 3. The molecule has 2 saturated heterocycles. The van der Waals surface area contributed by atoms with Gasteiger partial charge in [-0.15, -0.1) is 0 Å². The SMILES string of the molecule is C.CC1=C2N=C(C=C3NC(=C(C)C4=N[C@@](C)([C@@H]5N=C1[C@](C)(CCC(=O)NC[C@@H](C)OP(=O)(O)O[C@H]1[C@@H](O)[C@@H](n6cnc7cc(O)ccc76)O[C@@H]1CO)[C@H]5CC(N)=O)[C@@](C)(CC(N)=O)[C@@H]4CCC(N)=O)[C@@](C)(CC(N)=O)[C@@H]3CCC(=N)[O-])C(C)(C)[C@@H]2CCC(=N)[O-].[Co+2]. The number of carbonyl (C=O) groups is 5. The minimum Gasteiger partial charge on any atom is -0.862 e. The molecule has 1 radical (unpaired) electrons. The number of aliphatic hydroxyl groups excluding tert-OH is 2. The number of rotatable bonds is 26. The zero-order valence-electron chi connectivity index (χ0n) is 52.0. The number of nitrogens with zero attached hydrogens (tertiary/aromatic N) is 5. The molecule has 2 fully saturated rings. The van der Waals surface area contributed by atoms with Gasteiger partial charge in [0.15, 0.2) is 6.23 Å². The van der Waals surface area contributed by atoms with Crippen LogP contribution in [0.15, 0.2) is 73.8 Å². The summed E-state index contributed by atoms with van der Waals surface area (Å²) < 4.78 is 31.8. The Balaban J connectivity index is 0.00000658. The Hall–Kier alpha value is -6.69. The van der Waals surface area contributed by atoms with Gasteiger partial charge in [0.2, 0.25) is 29.5 Å². The second-order valence-corrected chi connectivity index (χ2v) is 27.6. The number of nitrogens with one attached hydrogen (secondary N) is 4. The number of amides is 5. The molecule has 16 N–H and O–H groups in total. The monoisotopic (exact) mass is 1330 g/mol. The van der Waals surface area contributed by atoms with E-state index in [0.29, 0.717) is 56.4 Å². The summed E-state index contributed by atoms with van der Waals surface area (Å²) in [6.07, 6.45) is -5.27. The predicted octanol–water partition coefficient (Wildman–Crippen LogP) is 2.59. The third-order valence-electron chi connectivity index (χ3n) is 19.9. The van der Waals surface area contributed by atoms with Crippen LogP contribution in [0, 0.1) is 56.2 Å². The van der Waals surface area contributed by atoms with Crippen molar-refractivity contribution in [3.63, 3.8) is 0 Å². The van der Waals surface area contributed by atoms with Crippen LogP contribution in [0.1, 0.15) is 147 Å². The van der Waals surface area contributed by atoms with E-state index in [-0.39, 0.29) is 107 Å². The minimum atomic E-state index is -5.10. The van der Waals surface area contributed by atoms with Gasteiger partial charge in [0, 0.05) is 124 Å².